The van der Waals surface area contributed by atoms with Crippen molar-refractivity contribution in [3.8, 4) is 17.5 Å². The molecule has 2 heterocycles. The van der Waals surface area contributed by atoms with E-state index in [0.717, 1.165) is 0 Å². The largest absolute Gasteiger partial charge is 0.461 e. The van der Waals surface area contributed by atoms with E-state index in [9.17, 15) is 4.79 Å². The molecule has 0 saturated carbocycles. The molecule has 0 unspecified atom stereocenters. The van der Waals surface area contributed by atoms with E-state index in [1.165, 1.54) is 16.9 Å². The number of rotatable bonds is 3. The highest BCUT2D eigenvalue weighted by Gasteiger charge is 2.19. The van der Waals surface area contributed by atoms with Gasteiger partial charge >= 0.3 is 5.97 Å². The number of carbonyl (C=O) groups excluding carboxylic acids is 1. The smallest absolute Gasteiger partial charge is 0.354 e. The third-order valence-electron chi connectivity index (χ3n) is 2.64. The van der Waals surface area contributed by atoms with Crippen molar-refractivity contribution in [1.82, 2.24) is 14.8 Å². The van der Waals surface area contributed by atoms with Gasteiger partial charge in [0.2, 0.25) is 0 Å². The number of nitrogen functional groups attached to an aromatic ring is 1. The molecule has 2 aromatic heterocycles. The van der Waals surface area contributed by atoms with Gasteiger partial charge in [0.05, 0.1) is 29.7 Å². The highest BCUT2D eigenvalue weighted by Crippen LogP contribution is 2.28. The van der Waals surface area contributed by atoms with Crippen LogP contribution in [-0.2, 0) is 11.8 Å². The Morgan fingerprint density at radius 3 is 3.05 bits per heavy atom. The number of aryl methyl sites for hydroxylation is 1. The number of carbonyl (C=O) groups is 1. The van der Waals surface area contributed by atoms with Crippen molar-refractivity contribution in [2.75, 3.05) is 12.3 Å². The van der Waals surface area contributed by atoms with E-state index in [0.29, 0.717) is 22.6 Å². The molecule has 0 bridgehead atoms. The van der Waals surface area contributed by atoms with Crippen molar-refractivity contribution in [1.29, 1.82) is 5.26 Å². The van der Waals surface area contributed by atoms with Gasteiger partial charge in [-0.2, -0.15) is 10.4 Å². The number of anilines is 1. The Morgan fingerprint density at radius 2 is 2.42 bits per heavy atom. The zero-order chi connectivity index (χ0) is 14.0. The van der Waals surface area contributed by atoms with Gasteiger partial charge in [-0.3, -0.25) is 4.68 Å². The summed E-state index contributed by atoms with van der Waals surface area (Å²) in [5, 5.41) is 13.0. The molecule has 98 valence electrons. The Labute approximate surface area is 109 Å². The van der Waals surface area contributed by atoms with Gasteiger partial charge in [0.15, 0.2) is 0 Å². The summed E-state index contributed by atoms with van der Waals surface area (Å²) in [6.07, 6.45) is 1.44. The van der Waals surface area contributed by atoms with E-state index in [4.69, 9.17) is 15.7 Å². The highest BCUT2D eigenvalue weighted by atomic mass is 16.5. The fourth-order valence-electron chi connectivity index (χ4n) is 1.80. The number of H-pyrrole nitrogens is 1. The first-order chi connectivity index (χ1) is 9.08. The predicted molar refractivity (Wildman–Crippen MR) is 68.1 cm³/mol. The summed E-state index contributed by atoms with van der Waals surface area (Å²) in [6, 6.07) is 3.52. The second kappa shape index (κ2) is 4.86. The number of nitrogens with one attached hydrogen (secondary N) is 1. The van der Waals surface area contributed by atoms with Crippen LogP contribution in [0.3, 0.4) is 0 Å². The lowest BCUT2D eigenvalue weighted by Gasteiger charge is -2.02. The van der Waals surface area contributed by atoms with E-state index < -0.39 is 5.97 Å². The number of nitrogens with zero attached hydrogens (tertiary/aromatic N) is 3. The van der Waals surface area contributed by atoms with Gasteiger partial charge in [0.1, 0.15) is 17.5 Å². The van der Waals surface area contributed by atoms with Crippen molar-refractivity contribution in [3.05, 3.63) is 23.5 Å². The molecule has 0 aliphatic heterocycles. The lowest BCUT2D eigenvalue weighted by Crippen LogP contribution is -2.05. The molecule has 0 amide bonds. The molecule has 0 spiro atoms. The lowest BCUT2D eigenvalue weighted by molar-refractivity contribution is 0.0520. The Hall–Kier alpha value is -2.75. The van der Waals surface area contributed by atoms with Crippen molar-refractivity contribution < 1.29 is 9.53 Å². The van der Waals surface area contributed by atoms with Crippen LogP contribution in [0.2, 0.25) is 0 Å². The standard InChI is InChI=1S/C12H13N5O2/c1-3-19-12(18)9-4-8(14)10(16-9)11-7(5-13)6-15-17(11)2/h4,6,16H,3,14H2,1-2H3. The number of ether oxygens (including phenoxy) is 1. The monoisotopic (exact) mass is 259 g/mol. The first-order valence-corrected chi connectivity index (χ1v) is 5.66. The van der Waals surface area contributed by atoms with Gasteiger partial charge in [-0.1, -0.05) is 0 Å². The number of aromatic amines is 1. The number of nitrogens with two attached hydrogens (primary N) is 1. The Bertz CT molecular complexity index is 662. The molecule has 19 heavy (non-hydrogen) atoms. The number of nitriles is 1. The molecule has 0 aromatic carbocycles. The normalized spacial score (nSPS) is 10.2. The van der Waals surface area contributed by atoms with E-state index in [1.54, 1.807) is 14.0 Å². The first kappa shape index (κ1) is 12.7. The quantitative estimate of drug-likeness (QED) is 0.800. The van der Waals surface area contributed by atoms with Crippen LogP contribution in [0.15, 0.2) is 12.3 Å². The van der Waals surface area contributed by atoms with Crippen LogP contribution >= 0.6 is 0 Å². The fourth-order valence-corrected chi connectivity index (χ4v) is 1.80. The molecule has 7 nitrogen and oxygen atoms in total. The number of hydrogen-bond donors (Lipinski definition) is 2. The number of aromatic nitrogens is 3. The second-order valence-electron chi connectivity index (χ2n) is 3.88. The highest BCUT2D eigenvalue weighted by molar-refractivity contribution is 5.92. The minimum Gasteiger partial charge on any atom is -0.461 e. The second-order valence-corrected chi connectivity index (χ2v) is 3.88. The van der Waals surface area contributed by atoms with Crippen molar-refractivity contribution >= 4 is 11.7 Å². The molecule has 0 fully saturated rings. The molecule has 0 radical (unpaired) electrons. The summed E-state index contributed by atoms with van der Waals surface area (Å²) in [5.74, 6) is -0.485. The molecule has 2 aromatic rings. The van der Waals surface area contributed by atoms with Gasteiger partial charge < -0.3 is 15.5 Å². The average molecular weight is 259 g/mol. The van der Waals surface area contributed by atoms with Crippen LogP contribution in [-0.4, -0.2) is 27.3 Å². The van der Waals surface area contributed by atoms with E-state index >= 15 is 0 Å². The van der Waals surface area contributed by atoms with E-state index in [1.807, 2.05) is 6.07 Å². The molecule has 2 rings (SSSR count). The minimum absolute atomic E-state index is 0.249. The summed E-state index contributed by atoms with van der Waals surface area (Å²) in [4.78, 5) is 14.5. The van der Waals surface area contributed by atoms with Crippen LogP contribution in [0.4, 0.5) is 5.69 Å². The third kappa shape index (κ3) is 2.15. The molecule has 7 heteroatoms. The van der Waals surface area contributed by atoms with Gasteiger partial charge in [-0.25, -0.2) is 4.79 Å². The summed E-state index contributed by atoms with van der Waals surface area (Å²) in [7, 11) is 1.69. The minimum atomic E-state index is -0.485. The van der Waals surface area contributed by atoms with E-state index in [2.05, 4.69) is 10.1 Å². The number of esters is 1. The maximum absolute atomic E-state index is 11.6. The summed E-state index contributed by atoms with van der Waals surface area (Å²) < 4.78 is 6.41. The van der Waals surface area contributed by atoms with Crippen molar-refractivity contribution in [3.63, 3.8) is 0 Å². The van der Waals surface area contributed by atoms with Gasteiger partial charge in [0.25, 0.3) is 0 Å². The van der Waals surface area contributed by atoms with Crippen LogP contribution in [0.25, 0.3) is 11.4 Å². The zero-order valence-electron chi connectivity index (χ0n) is 10.6. The summed E-state index contributed by atoms with van der Waals surface area (Å²) in [5.41, 5.74) is 7.89. The van der Waals surface area contributed by atoms with Crippen LogP contribution in [0, 0.1) is 11.3 Å². The molecule has 0 aliphatic carbocycles. The summed E-state index contributed by atoms with van der Waals surface area (Å²) >= 11 is 0. The maximum Gasteiger partial charge on any atom is 0.354 e. The van der Waals surface area contributed by atoms with Crippen LogP contribution < -0.4 is 5.73 Å². The first-order valence-electron chi connectivity index (χ1n) is 5.66. The molecule has 0 aliphatic rings. The van der Waals surface area contributed by atoms with Crippen molar-refractivity contribution in [2.24, 2.45) is 7.05 Å². The Balaban J connectivity index is 2.49. The van der Waals surface area contributed by atoms with E-state index in [-0.39, 0.29) is 12.3 Å². The topological polar surface area (TPSA) is 110 Å². The van der Waals surface area contributed by atoms with Gasteiger partial charge in [-0.15, -0.1) is 0 Å². The summed E-state index contributed by atoms with van der Waals surface area (Å²) in [6.45, 7) is 2.00. The molecule has 3 N–H and O–H groups in total. The third-order valence-corrected chi connectivity index (χ3v) is 2.64. The Morgan fingerprint density at radius 1 is 1.68 bits per heavy atom. The fraction of sp³-hybridized carbons (Fsp3) is 0.250. The number of hydrogen-bond acceptors (Lipinski definition) is 5. The van der Waals surface area contributed by atoms with Gasteiger partial charge in [-0.05, 0) is 13.0 Å². The molecule has 0 saturated heterocycles. The molecule has 0 atom stereocenters. The molecular formula is C12H13N5O2. The van der Waals surface area contributed by atoms with Gasteiger partial charge in [0, 0.05) is 7.05 Å². The average Bonchev–Trinajstić information content (AvgIpc) is 2.92. The van der Waals surface area contributed by atoms with Crippen LogP contribution in [0.1, 0.15) is 23.0 Å². The SMILES string of the molecule is CCOC(=O)c1cc(N)c(-c2c(C#N)cnn2C)[nH]1. The molecular weight excluding hydrogens is 246 g/mol. The Kier molecular flexibility index (Phi) is 3.25. The lowest BCUT2D eigenvalue weighted by atomic mass is 10.2. The maximum atomic E-state index is 11.6. The van der Waals surface area contributed by atoms with Crippen molar-refractivity contribution in [2.45, 2.75) is 6.92 Å². The predicted octanol–water partition coefficient (Wildman–Crippen LogP) is 1.05. The zero-order valence-corrected chi connectivity index (χ0v) is 10.6. The van der Waals surface area contributed by atoms with Crippen LogP contribution in [0.5, 0.6) is 0 Å².